The molecular weight excluding hydrogens is 330 g/mol. The fraction of sp³-hybridized carbons (Fsp3) is 0.250. The topological polar surface area (TPSA) is 71.0 Å². The average molecular weight is 351 g/mol. The predicted molar refractivity (Wildman–Crippen MR) is 100 cm³/mol. The summed E-state index contributed by atoms with van der Waals surface area (Å²) >= 11 is 0. The summed E-state index contributed by atoms with van der Waals surface area (Å²) < 4.78 is 5.12. The van der Waals surface area contributed by atoms with Gasteiger partial charge in [0.1, 0.15) is 11.5 Å². The fourth-order valence-electron chi connectivity index (χ4n) is 2.73. The van der Waals surface area contributed by atoms with Gasteiger partial charge in [-0.2, -0.15) is 5.10 Å². The largest absolute Gasteiger partial charge is 0.497 e. The van der Waals surface area contributed by atoms with Crippen LogP contribution in [0, 0.1) is 6.92 Å². The molecule has 0 saturated carbocycles. The second-order valence-electron chi connectivity index (χ2n) is 6.07. The van der Waals surface area contributed by atoms with Crippen molar-refractivity contribution in [2.45, 2.75) is 26.3 Å². The Morgan fingerprint density at radius 1 is 1.15 bits per heavy atom. The highest BCUT2D eigenvalue weighted by Crippen LogP contribution is 2.23. The molecule has 0 aliphatic carbocycles. The van der Waals surface area contributed by atoms with Gasteiger partial charge in [-0.05, 0) is 36.2 Å². The number of anilines is 1. The molecule has 26 heavy (non-hydrogen) atoms. The Balaban J connectivity index is 1.71. The number of rotatable bonds is 5. The minimum atomic E-state index is -0.257. The third kappa shape index (κ3) is 3.91. The number of ether oxygens (including phenoxy) is 1. The molecule has 0 bridgehead atoms. The van der Waals surface area contributed by atoms with Crippen molar-refractivity contribution in [1.29, 1.82) is 0 Å². The summed E-state index contributed by atoms with van der Waals surface area (Å²) in [6, 6.07) is 15.0. The smallest absolute Gasteiger partial charge is 0.267 e. The predicted octanol–water partition coefficient (Wildman–Crippen LogP) is 2.80. The highest BCUT2D eigenvalue weighted by atomic mass is 16.5. The molecule has 0 atom stereocenters. The molecule has 0 fully saturated rings. The van der Waals surface area contributed by atoms with E-state index in [9.17, 15) is 9.59 Å². The number of methoxy groups -OCH3 is 1. The molecule has 1 aliphatic rings. The lowest BCUT2D eigenvalue weighted by Gasteiger charge is -2.24. The molecule has 0 spiro atoms. The molecule has 0 aromatic heterocycles. The molecule has 0 unspecified atom stereocenters. The molecule has 3 rings (SSSR count). The molecule has 1 N–H and O–H groups in total. The quantitative estimate of drug-likeness (QED) is 0.900. The van der Waals surface area contributed by atoms with E-state index in [2.05, 4.69) is 10.4 Å². The normalized spacial score (nSPS) is 14.0. The summed E-state index contributed by atoms with van der Waals surface area (Å²) in [6.07, 6.45) is 0.610. The van der Waals surface area contributed by atoms with Crippen LogP contribution in [0.4, 0.5) is 5.69 Å². The minimum absolute atomic E-state index is 0.106. The zero-order chi connectivity index (χ0) is 18.5. The van der Waals surface area contributed by atoms with Gasteiger partial charge in [0.25, 0.3) is 5.91 Å². The monoisotopic (exact) mass is 351 g/mol. The highest BCUT2D eigenvalue weighted by molar-refractivity contribution is 6.40. The van der Waals surface area contributed by atoms with E-state index in [0.29, 0.717) is 24.4 Å². The summed E-state index contributed by atoms with van der Waals surface area (Å²) in [5, 5.41) is 8.50. The van der Waals surface area contributed by atoms with Crippen molar-refractivity contribution in [3.63, 3.8) is 0 Å². The lowest BCUT2D eigenvalue weighted by Crippen LogP contribution is -2.39. The zero-order valence-electron chi connectivity index (χ0n) is 14.9. The molecule has 0 saturated heterocycles. The van der Waals surface area contributed by atoms with Crippen molar-refractivity contribution in [1.82, 2.24) is 5.32 Å². The molecule has 2 aromatic carbocycles. The number of aryl methyl sites for hydroxylation is 1. The van der Waals surface area contributed by atoms with Crippen LogP contribution < -0.4 is 15.1 Å². The number of amides is 2. The van der Waals surface area contributed by atoms with Crippen LogP contribution >= 0.6 is 0 Å². The Hall–Kier alpha value is -3.15. The Kier molecular flexibility index (Phi) is 5.31. The third-order valence-corrected chi connectivity index (χ3v) is 4.25. The molecular formula is C20H21N3O3. The van der Waals surface area contributed by atoms with Crippen LogP contribution in [0.2, 0.25) is 0 Å². The summed E-state index contributed by atoms with van der Waals surface area (Å²) in [5.41, 5.74) is 2.96. The van der Waals surface area contributed by atoms with E-state index in [4.69, 9.17) is 4.74 Å². The van der Waals surface area contributed by atoms with E-state index >= 15 is 0 Å². The maximum atomic E-state index is 12.5. The maximum absolute atomic E-state index is 12.5. The average Bonchev–Trinajstić information content (AvgIpc) is 2.67. The van der Waals surface area contributed by atoms with Crippen LogP contribution in [0.25, 0.3) is 0 Å². The second kappa shape index (κ2) is 7.82. The summed E-state index contributed by atoms with van der Waals surface area (Å²) in [4.78, 5) is 24.7. The van der Waals surface area contributed by atoms with Gasteiger partial charge in [-0.15, -0.1) is 0 Å². The van der Waals surface area contributed by atoms with Crippen molar-refractivity contribution in [3.8, 4) is 5.75 Å². The van der Waals surface area contributed by atoms with Gasteiger partial charge in [0, 0.05) is 19.4 Å². The molecule has 2 amide bonds. The molecule has 6 nitrogen and oxygen atoms in total. The SMILES string of the molecule is COc1ccc(CNC(=O)C2=NN(c3ccccc3C)C(=O)CC2)cc1. The molecule has 6 heteroatoms. The van der Waals surface area contributed by atoms with Gasteiger partial charge in [0.15, 0.2) is 0 Å². The van der Waals surface area contributed by atoms with Gasteiger partial charge in [-0.1, -0.05) is 30.3 Å². The first-order chi connectivity index (χ1) is 12.6. The number of benzene rings is 2. The van der Waals surface area contributed by atoms with Crippen molar-refractivity contribution in [3.05, 3.63) is 59.7 Å². The number of hydrogen-bond acceptors (Lipinski definition) is 4. The molecule has 0 radical (unpaired) electrons. The number of para-hydroxylation sites is 1. The van der Waals surface area contributed by atoms with Gasteiger partial charge < -0.3 is 10.1 Å². The van der Waals surface area contributed by atoms with Gasteiger partial charge in [-0.25, -0.2) is 5.01 Å². The number of carbonyl (C=O) groups excluding carboxylic acids is 2. The number of nitrogens with zero attached hydrogens (tertiary/aromatic N) is 2. The van der Waals surface area contributed by atoms with Crippen molar-refractivity contribution < 1.29 is 14.3 Å². The van der Waals surface area contributed by atoms with Crippen LogP contribution in [-0.4, -0.2) is 24.6 Å². The standard InChI is InChI=1S/C20H21N3O3/c1-14-5-3-4-6-18(14)23-19(24)12-11-17(22-23)20(25)21-13-15-7-9-16(26-2)10-8-15/h3-10H,11-13H2,1-2H3,(H,21,25). The Bertz CT molecular complexity index is 844. The summed E-state index contributed by atoms with van der Waals surface area (Å²) in [5.74, 6) is 0.405. The van der Waals surface area contributed by atoms with E-state index < -0.39 is 0 Å². The lowest BCUT2D eigenvalue weighted by molar-refractivity contribution is -0.119. The Labute approximate surface area is 152 Å². The first kappa shape index (κ1) is 17.7. The van der Waals surface area contributed by atoms with E-state index in [1.54, 1.807) is 7.11 Å². The summed E-state index contributed by atoms with van der Waals surface area (Å²) in [7, 11) is 1.61. The third-order valence-electron chi connectivity index (χ3n) is 4.25. The van der Waals surface area contributed by atoms with Gasteiger partial charge >= 0.3 is 0 Å². The summed E-state index contributed by atoms with van der Waals surface area (Å²) in [6.45, 7) is 2.30. The fourth-order valence-corrected chi connectivity index (χ4v) is 2.73. The zero-order valence-corrected chi connectivity index (χ0v) is 14.9. The van der Waals surface area contributed by atoms with Crippen molar-refractivity contribution in [2.24, 2.45) is 5.10 Å². The lowest BCUT2D eigenvalue weighted by atomic mass is 10.1. The first-order valence-corrected chi connectivity index (χ1v) is 8.45. The van der Waals surface area contributed by atoms with Gasteiger partial charge in [0.2, 0.25) is 5.91 Å². The highest BCUT2D eigenvalue weighted by Gasteiger charge is 2.26. The second-order valence-corrected chi connectivity index (χ2v) is 6.07. The first-order valence-electron chi connectivity index (χ1n) is 8.45. The number of hydrogen-bond donors (Lipinski definition) is 1. The number of carbonyl (C=O) groups is 2. The minimum Gasteiger partial charge on any atom is -0.497 e. The van der Waals surface area contributed by atoms with Crippen LogP contribution in [0.5, 0.6) is 5.75 Å². The van der Waals surface area contributed by atoms with Crippen LogP contribution in [0.15, 0.2) is 53.6 Å². The van der Waals surface area contributed by atoms with Crippen LogP contribution in [0.1, 0.15) is 24.0 Å². The van der Waals surface area contributed by atoms with E-state index in [0.717, 1.165) is 16.9 Å². The molecule has 1 heterocycles. The van der Waals surface area contributed by atoms with Gasteiger partial charge in [0.05, 0.1) is 12.8 Å². The van der Waals surface area contributed by atoms with E-state index in [1.165, 1.54) is 5.01 Å². The number of hydrazone groups is 1. The Morgan fingerprint density at radius 3 is 2.58 bits per heavy atom. The molecule has 2 aromatic rings. The maximum Gasteiger partial charge on any atom is 0.267 e. The van der Waals surface area contributed by atoms with Crippen molar-refractivity contribution >= 4 is 23.2 Å². The number of nitrogens with one attached hydrogen (secondary N) is 1. The van der Waals surface area contributed by atoms with Crippen molar-refractivity contribution in [2.75, 3.05) is 12.1 Å². The molecule has 134 valence electrons. The van der Waals surface area contributed by atoms with E-state index in [-0.39, 0.29) is 18.2 Å². The Morgan fingerprint density at radius 2 is 1.88 bits per heavy atom. The van der Waals surface area contributed by atoms with Gasteiger partial charge in [-0.3, -0.25) is 9.59 Å². The van der Waals surface area contributed by atoms with Crippen LogP contribution in [-0.2, 0) is 16.1 Å². The van der Waals surface area contributed by atoms with Crippen LogP contribution in [0.3, 0.4) is 0 Å². The molecule has 1 aliphatic heterocycles. The van der Waals surface area contributed by atoms with E-state index in [1.807, 2.05) is 55.5 Å².